The van der Waals surface area contributed by atoms with E-state index in [1.54, 1.807) is 25.1 Å². The first kappa shape index (κ1) is 17.3. The number of aromatic nitrogens is 4. The molecule has 0 atom stereocenters. The van der Waals surface area contributed by atoms with Crippen LogP contribution in [-0.2, 0) is 4.79 Å². The highest BCUT2D eigenvalue weighted by Crippen LogP contribution is 2.37. The topological polar surface area (TPSA) is 96.0 Å². The fourth-order valence-corrected chi connectivity index (χ4v) is 3.85. The van der Waals surface area contributed by atoms with E-state index in [0.717, 1.165) is 28.6 Å². The number of rotatable bonds is 5. The van der Waals surface area contributed by atoms with E-state index < -0.39 is 0 Å². The van der Waals surface area contributed by atoms with Crippen molar-refractivity contribution in [3.63, 3.8) is 0 Å². The van der Waals surface area contributed by atoms with Crippen molar-refractivity contribution in [2.24, 2.45) is 0 Å². The van der Waals surface area contributed by atoms with Gasteiger partial charge in [0.15, 0.2) is 5.82 Å². The van der Waals surface area contributed by atoms with Crippen molar-refractivity contribution in [3.05, 3.63) is 42.6 Å². The summed E-state index contributed by atoms with van der Waals surface area (Å²) in [6.45, 7) is 1.000. The number of hydrogen-bond acceptors (Lipinski definition) is 7. The van der Waals surface area contributed by atoms with Gasteiger partial charge in [-0.2, -0.15) is 4.98 Å². The van der Waals surface area contributed by atoms with Crippen molar-refractivity contribution in [2.45, 2.75) is 4.90 Å². The van der Waals surface area contributed by atoms with E-state index >= 15 is 0 Å². The quantitative estimate of drug-likeness (QED) is 0.699. The van der Waals surface area contributed by atoms with Crippen LogP contribution in [0.25, 0.3) is 11.5 Å². The van der Waals surface area contributed by atoms with Crippen LogP contribution in [0, 0.1) is 0 Å². The number of H-pyrrole nitrogens is 1. The fraction of sp³-hybridized carbons (Fsp3) is 0.222. The van der Waals surface area contributed by atoms with Gasteiger partial charge >= 0.3 is 0 Å². The Bertz CT molecular complexity index is 946. The van der Waals surface area contributed by atoms with Gasteiger partial charge in [0, 0.05) is 29.5 Å². The van der Waals surface area contributed by atoms with Crippen molar-refractivity contribution in [1.82, 2.24) is 20.2 Å². The molecule has 0 saturated carbocycles. The molecule has 0 spiro atoms. The molecule has 1 amide bonds. The third kappa shape index (κ3) is 3.87. The molecular formula is C18H18N6O2S. The number of nitrogens with zero attached hydrogens (tertiary/aromatic N) is 4. The minimum Gasteiger partial charge on any atom is -0.497 e. The summed E-state index contributed by atoms with van der Waals surface area (Å²) < 4.78 is 5.31. The normalized spacial score (nSPS) is 13.1. The highest BCUT2D eigenvalue weighted by Gasteiger charge is 2.21. The zero-order valence-corrected chi connectivity index (χ0v) is 15.5. The van der Waals surface area contributed by atoms with Gasteiger partial charge in [-0.15, -0.1) is 16.9 Å². The van der Waals surface area contributed by atoms with Crippen LogP contribution in [0.1, 0.15) is 0 Å². The Balaban J connectivity index is 1.44. The van der Waals surface area contributed by atoms with Crippen molar-refractivity contribution in [3.8, 4) is 17.3 Å². The highest BCUT2D eigenvalue weighted by atomic mass is 32.2. The average molecular weight is 382 g/mol. The molecule has 0 unspecified atom stereocenters. The number of thioether (sulfide) groups is 1. The first-order valence-electron chi connectivity index (χ1n) is 8.42. The van der Waals surface area contributed by atoms with Gasteiger partial charge in [-0.05, 0) is 24.3 Å². The molecule has 8 nitrogen and oxygen atoms in total. The smallest absolute Gasteiger partial charge is 0.249 e. The van der Waals surface area contributed by atoms with Crippen molar-refractivity contribution >= 4 is 29.3 Å². The third-order valence-corrected chi connectivity index (χ3v) is 5.15. The molecule has 0 radical (unpaired) electrons. The van der Waals surface area contributed by atoms with Crippen LogP contribution in [0.3, 0.4) is 0 Å². The van der Waals surface area contributed by atoms with Gasteiger partial charge in [0.05, 0.1) is 19.3 Å². The number of anilines is 2. The van der Waals surface area contributed by atoms with E-state index in [0.29, 0.717) is 11.5 Å². The average Bonchev–Trinajstić information content (AvgIpc) is 3.17. The van der Waals surface area contributed by atoms with Gasteiger partial charge in [-0.25, -0.2) is 0 Å². The number of aromatic amines is 1. The van der Waals surface area contributed by atoms with E-state index in [1.165, 1.54) is 0 Å². The molecule has 138 valence electrons. The third-order valence-electron chi connectivity index (χ3n) is 4.10. The number of carbonyl (C=O) groups is 1. The molecule has 4 rings (SSSR count). The van der Waals surface area contributed by atoms with E-state index in [-0.39, 0.29) is 18.4 Å². The van der Waals surface area contributed by atoms with Gasteiger partial charge in [0.25, 0.3) is 0 Å². The molecule has 27 heavy (non-hydrogen) atoms. The maximum absolute atomic E-state index is 12.5. The lowest BCUT2D eigenvalue weighted by molar-refractivity contribution is -0.115. The van der Waals surface area contributed by atoms with Crippen molar-refractivity contribution in [2.75, 3.05) is 36.2 Å². The maximum Gasteiger partial charge on any atom is 0.249 e. The Hall–Kier alpha value is -3.07. The number of hydrogen-bond donors (Lipinski definition) is 2. The molecule has 9 heteroatoms. The Morgan fingerprint density at radius 1 is 1.37 bits per heavy atom. The summed E-state index contributed by atoms with van der Waals surface area (Å²) in [4.78, 5) is 24.2. The number of nitrogens with one attached hydrogen (secondary N) is 2. The number of ether oxygens (including phenoxy) is 1. The summed E-state index contributed by atoms with van der Waals surface area (Å²) in [6.07, 6.45) is 1.68. The molecule has 2 aromatic heterocycles. The lowest BCUT2D eigenvalue weighted by Gasteiger charge is -2.30. The van der Waals surface area contributed by atoms with E-state index in [1.807, 2.05) is 41.3 Å². The number of benzene rings is 1. The lowest BCUT2D eigenvalue weighted by atomic mass is 10.2. The molecule has 3 aromatic rings. The number of methoxy groups -OCH3 is 1. The van der Waals surface area contributed by atoms with Crippen LogP contribution >= 0.6 is 11.8 Å². The summed E-state index contributed by atoms with van der Waals surface area (Å²) in [6, 6.07) is 11.4. The van der Waals surface area contributed by atoms with E-state index in [4.69, 9.17) is 4.74 Å². The minimum absolute atomic E-state index is 0.178. The molecule has 0 aliphatic carbocycles. The standard InChI is InChI=1S/C18H18N6O2S/c1-26-12-5-6-15-14(10-12)24(8-9-27-15)11-16(25)20-18-21-17(22-23-18)13-4-2-3-7-19-13/h2-7,10H,8-9,11H2,1H3,(H2,20,21,22,23,25). The number of amides is 1. The molecule has 0 bridgehead atoms. The Labute approximate surface area is 160 Å². The molecule has 2 N–H and O–H groups in total. The second-order valence-electron chi connectivity index (χ2n) is 5.87. The molecule has 3 heterocycles. The van der Waals surface area contributed by atoms with Gasteiger partial charge in [0.1, 0.15) is 11.4 Å². The summed E-state index contributed by atoms with van der Waals surface area (Å²) >= 11 is 1.78. The predicted octanol–water partition coefficient (Wildman–Crippen LogP) is 2.43. The van der Waals surface area contributed by atoms with E-state index in [2.05, 4.69) is 25.5 Å². The predicted molar refractivity (Wildman–Crippen MR) is 104 cm³/mol. The van der Waals surface area contributed by atoms with Crippen LogP contribution < -0.4 is 15.0 Å². The first-order chi connectivity index (χ1) is 13.2. The lowest BCUT2D eigenvalue weighted by Crippen LogP contribution is -2.37. The molecule has 1 aliphatic heterocycles. The molecule has 0 saturated heterocycles. The van der Waals surface area contributed by atoms with Gasteiger partial charge < -0.3 is 9.64 Å². The molecular weight excluding hydrogens is 364 g/mol. The SMILES string of the molecule is COc1ccc2c(c1)N(CC(=O)Nc1n[nH]c(-c3ccccn3)n1)CCS2. The summed E-state index contributed by atoms with van der Waals surface area (Å²) in [5, 5.41) is 9.58. The Kier molecular flexibility index (Phi) is 4.93. The van der Waals surface area contributed by atoms with Gasteiger partial charge in [0.2, 0.25) is 11.9 Å². The van der Waals surface area contributed by atoms with Crippen LogP contribution in [0.4, 0.5) is 11.6 Å². The minimum atomic E-state index is -0.178. The monoisotopic (exact) mass is 382 g/mol. The first-order valence-corrected chi connectivity index (χ1v) is 9.41. The van der Waals surface area contributed by atoms with Crippen LogP contribution in [-0.4, -0.2) is 52.0 Å². The number of pyridine rings is 1. The Morgan fingerprint density at radius 3 is 3.11 bits per heavy atom. The summed E-state index contributed by atoms with van der Waals surface area (Å²) in [5.41, 5.74) is 1.67. The van der Waals surface area contributed by atoms with Gasteiger partial charge in [-0.3, -0.25) is 20.2 Å². The summed E-state index contributed by atoms with van der Waals surface area (Å²) in [5.74, 6) is 2.27. The zero-order chi connectivity index (χ0) is 18.6. The summed E-state index contributed by atoms with van der Waals surface area (Å²) in [7, 11) is 1.64. The Morgan fingerprint density at radius 2 is 2.30 bits per heavy atom. The van der Waals surface area contributed by atoms with Crippen molar-refractivity contribution < 1.29 is 9.53 Å². The highest BCUT2D eigenvalue weighted by molar-refractivity contribution is 7.99. The zero-order valence-electron chi connectivity index (χ0n) is 14.7. The van der Waals surface area contributed by atoms with Crippen LogP contribution in [0.15, 0.2) is 47.5 Å². The van der Waals surface area contributed by atoms with Crippen LogP contribution in [0.5, 0.6) is 5.75 Å². The number of fused-ring (bicyclic) bond motifs is 1. The largest absolute Gasteiger partial charge is 0.497 e. The molecule has 0 fully saturated rings. The maximum atomic E-state index is 12.5. The number of carbonyl (C=O) groups excluding carboxylic acids is 1. The molecule has 1 aromatic carbocycles. The second-order valence-corrected chi connectivity index (χ2v) is 7.01. The second kappa shape index (κ2) is 7.67. The van der Waals surface area contributed by atoms with Gasteiger partial charge in [-0.1, -0.05) is 6.07 Å². The van der Waals surface area contributed by atoms with Crippen LogP contribution in [0.2, 0.25) is 0 Å². The van der Waals surface area contributed by atoms with E-state index in [9.17, 15) is 4.79 Å². The fourth-order valence-electron chi connectivity index (χ4n) is 2.82. The molecule has 1 aliphatic rings. The van der Waals surface area contributed by atoms with Crippen molar-refractivity contribution in [1.29, 1.82) is 0 Å².